The first-order valence-electron chi connectivity index (χ1n) is 13.1. The van der Waals surface area contributed by atoms with E-state index in [1.54, 1.807) is 0 Å². The van der Waals surface area contributed by atoms with Crippen LogP contribution in [0.1, 0.15) is 80.1 Å². The van der Waals surface area contributed by atoms with E-state index >= 15 is 0 Å². The minimum Gasteiger partial charge on any atom is -0.411 e. The lowest BCUT2D eigenvalue weighted by Gasteiger charge is -2.43. The molecule has 0 aromatic heterocycles. The van der Waals surface area contributed by atoms with Gasteiger partial charge in [0.25, 0.3) is 0 Å². The third-order valence-electron chi connectivity index (χ3n) is 8.35. The molecule has 4 atom stereocenters. The Hall–Kier alpha value is -0.386. The fourth-order valence-electron chi connectivity index (χ4n) is 3.98. The van der Waals surface area contributed by atoms with Crippen LogP contribution in [0.3, 0.4) is 0 Å². The summed E-state index contributed by atoms with van der Waals surface area (Å²) in [5.41, 5.74) is 0. The van der Waals surface area contributed by atoms with Crippen LogP contribution in [0.5, 0.6) is 0 Å². The van der Waals surface area contributed by atoms with Crippen molar-refractivity contribution >= 4 is 28.2 Å². The monoisotopic (exact) mass is 514 g/mol. The molecule has 2 fully saturated rings. The molecule has 34 heavy (non-hydrogen) atoms. The second kappa shape index (κ2) is 11.3. The predicted molar refractivity (Wildman–Crippen MR) is 141 cm³/mol. The smallest absolute Gasteiger partial charge is 0.201 e. The normalized spacial score (nSPS) is 27.5. The van der Waals surface area contributed by atoms with Crippen molar-refractivity contribution in [1.29, 1.82) is 0 Å². The SMILES string of the molecule is CC(C)(C)[Si](C)(C)O[C@H]1CCCO[C@@H]1CC(=O)C(=O)C[C@@H]1OCCC[C@H]1O[Si](C)(C)C(C)(C)C. The molecule has 6 nitrogen and oxygen atoms in total. The van der Waals surface area contributed by atoms with E-state index in [1.807, 2.05) is 0 Å². The molecule has 198 valence electrons. The molecule has 0 spiro atoms. The van der Waals surface area contributed by atoms with E-state index in [4.69, 9.17) is 18.3 Å². The van der Waals surface area contributed by atoms with E-state index in [9.17, 15) is 9.59 Å². The molecule has 0 aliphatic carbocycles. The van der Waals surface area contributed by atoms with Gasteiger partial charge in [0, 0.05) is 26.1 Å². The Morgan fingerprint density at radius 3 is 1.32 bits per heavy atom. The van der Waals surface area contributed by atoms with E-state index in [2.05, 4.69) is 67.7 Å². The molecule has 0 bridgehead atoms. The molecule has 0 saturated carbocycles. The summed E-state index contributed by atoms with van der Waals surface area (Å²) in [6, 6.07) is 0. The molecule has 2 aliphatic heterocycles. The van der Waals surface area contributed by atoms with Crippen LogP contribution in [0.2, 0.25) is 36.3 Å². The van der Waals surface area contributed by atoms with Gasteiger partial charge in [-0.1, -0.05) is 41.5 Å². The molecule has 8 heteroatoms. The van der Waals surface area contributed by atoms with Crippen molar-refractivity contribution in [2.45, 2.75) is 141 Å². The van der Waals surface area contributed by atoms with Crippen LogP contribution in [0.4, 0.5) is 0 Å². The molecule has 0 unspecified atom stereocenters. The number of carbonyl (C=O) groups excluding carboxylic acids is 2. The van der Waals surface area contributed by atoms with Crippen molar-refractivity contribution in [3.8, 4) is 0 Å². The first-order valence-corrected chi connectivity index (χ1v) is 18.9. The topological polar surface area (TPSA) is 71.1 Å². The van der Waals surface area contributed by atoms with Gasteiger partial charge in [-0.3, -0.25) is 9.59 Å². The Morgan fingerprint density at radius 2 is 1.03 bits per heavy atom. The van der Waals surface area contributed by atoms with Crippen molar-refractivity contribution in [2.24, 2.45) is 0 Å². The summed E-state index contributed by atoms with van der Waals surface area (Å²) in [4.78, 5) is 26.0. The molecule has 2 heterocycles. The zero-order valence-corrected chi connectivity index (χ0v) is 25.4. The van der Waals surface area contributed by atoms with E-state index in [0.29, 0.717) is 13.2 Å². The zero-order valence-electron chi connectivity index (χ0n) is 23.4. The van der Waals surface area contributed by atoms with Gasteiger partial charge >= 0.3 is 0 Å². The molecule has 0 aromatic carbocycles. The second-order valence-electron chi connectivity index (χ2n) is 13.2. The molecule has 0 N–H and O–H groups in total. The molecular weight excluding hydrogens is 464 g/mol. The largest absolute Gasteiger partial charge is 0.411 e. The van der Waals surface area contributed by atoms with E-state index in [1.165, 1.54) is 0 Å². The minimum atomic E-state index is -2.00. The number of hydrogen-bond acceptors (Lipinski definition) is 6. The minimum absolute atomic E-state index is 0.0757. The Morgan fingerprint density at radius 1 is 0.706 bits per heavy atom. The summed E-state index contributed by atoms with van der Waals surface area (Å²) >= 11 is 0. The van der Waals surface area contributed by atoms with Crippen LogP contribution in [0, 0.1) is 0 Å². The number of Topliss-reactive ketones (excluding diaryl/α,β-unsaturated/α-hetero) is 2. The van der Waals surface area contributed by atoms with Crippen LogP contribution >= 0.6 is 0 Å². The maximum absolute atomic E-state index is 13.0. The Balaban J connectivity index is 2.01. The van der Waals surface area contributed by atoms with Gasteiger partial charge in [0.15, 0.2) is 16.6 Å². The fraction of sp³-hybridized carbons (Fsp3) is 0.923. The number of hydrogen-bond donors (Lipinski definition) is 0. The van der Waals surface area contributed by atoms with Gasteiger partial charge < -0.3 is 18.3 Å². The summed E-state index contributed by atoms with van der Waals surface area (Å²) in [5, 5.41) is 0.151. The number of carbonyl (C=O) groups is 2. The number of rotatable bonds is 9. The van der Waals surface area contributed by atoms with E-state index in [-0.39, 0.29) is 58.9 Å². The average Bonchev–Trinajstić information content (AvgIpc) is 2.68. The van der Waals surface area contributed by atoms with Gasteiger partial charge in [-0.2, -0.15) is 0 Å². The summed E-state index contributed by atoms with van der Waals surface area (Å²) < 4.78 is 25.1. The highest BCUT2D eigenvalue weighted by Crippen LogP contribution is 2.40. The predicted octanol–water partition coefficient (Wildman–Crippen LogP) is 6.04. The van der Waals surface area contributed by atoms with Gasteiger partial charge in [-0.15, -0.1) is 0 Å². The van der Waals surface area contributed by atoms with Crippen molar-refractivity contribution in [2.75, 3.05) is 13.2 Å². The highest BCUT2D eigenvalue weighted by Gasteiger charge is 2.44. The third kappa shape index (κ3) is 7.80. The molecule has 2 rings (SSSR count). The first kappa shape index (κ1) is 29.8. The van der Waals surface area contributed by atoms with Crippen molar-refractivity contribution < 1.29 is 27.9 Å². The Labute approximate surface area is 210 Å². The lowest BCUT2D eigenvalue weighted by molar-refractivity contribution is -0.145. The van der Waals surface area contributed by atoms with Crippen LogP contribution < -0.4 is 0 Å². The maximum Gasteiger partial charge on any atom is 0.201 e. The van der Waals surface area contributed by atoms with Crippen LogP contribution in [-0.2, 0) is 27.9 Å². The van der Waals surface area contributed by atoms with Crippen molar-refractivity contribution in [3.63, 3.8) is 0 Å². The Kier molecular flexibility index (Phi) is 9.95. The summed E-state index contributed by atoms with van der Waals surface area (Å²) in [6.07, 6.45) is 2.76. The van der Waals surface area contributed by atoms with Gasteiger partial charge in [0.1, 0.15) is 0 Å². The van der Waals surface area contributed by atoms with Gasteiger partial charge in [0.05, 0.1) is 24.4 Å². The standard InChI is InChI=1S/C26H50O6Si2/c1-25(2,3)33(7,8)31-21-13-11-15-29-23(21)17-19(27)20(28)18-24-22(14-12-16-30-24)32-34(9,10)26(4,5)6/h21-24H,11-18H2,1-10H3/t21-,22+,23+,24-. The molecular formula is C26H50O6Si2. The average molecular weight is 515 g/mol. The molecule has 0 amide bonds. The lowest BCUT2D eigenvalue weighted by Crippen LogP contribution is -2.50. The highest BCUT2D eigenvalue weighted by molar-refractivity contribution is 6.74. The summed E-state index contributed by atoms with van der Waals surface area (Å²) in [6.45, 7) is 23.3. The van der Waals surface area contributed by atoms with Crippen molar-refractivity contribution in [3.05, 3.63) is 0 Å². The van der Waals surface area contributed by atoms with Crippen molar-refractivity contribution in [1.82, 2.24) is 0 Å². The number of ether oxygens (including phenoxy) is 2. The third-order valence-corrected chi connectivity index (χ3v) is 17.4. The fourth-order valence-corrected chi connectivity index (χ4v) is 6.74. The van der Waals surface area contributed by atoms with Crippen LogP contribution in [-0.4, -0.2) is 65.8 Å². The van der Waals surface area contributed by atoms with E-state index in [0.717, 1.165) is 25.7 Å². The quantitative estimate of drug-likeness (QED) is 0.276. The molecule has 2 aliphatic rings. The van der Waals surface area contributed by atoms with Crippen LogP contribution in [0.15, 0.2) is 0 Å². The van der Waals surface area contributed by atoms with Gasteiger partial charge in [0.2, 0.25) is 11.6 Å². The summed E-state index contributed by atoms with van der Waals surface area (Å²) in [5.74, 6) is -0.757. The lowest BCUT2D eigenvalue weighted by atomic mass is 9.95. The number of ketones is 2. The highest BCUT2D eigenvalue weighted by atomic mass is 28.4. The van der Waals surface area contributed by atoms with E-state index < -0.39 is 16.6 Å². The van der Waals surface area contributed by atoms with Gasteiger partial charge in [-0.05, 0) is 61.9 Å². The molecule has 0 radical (unpaired) electrons. The zero-order chi connectivity index (χ0) is 25.9. The second-order valence-corrected chi connectivity index (χ2v) is 22.7. The summed E-state index contributed by atoms with van der Waals surface area (Å²) in [7, 11) is -4.01. The Bertz CT molecular complexity index is 647. The molecule has 2 saturated heterocycles. The maximum atomic E-state index is 13.0. The molecule has 0 aromatic rings. The van der Waals surface area contributed by atoms with Crippen LogP contribution in [0.25, 0.3) is 0 Å². The first-order chi connectivity index (χ1) is 15.4. The van der Waals surface area contributed by atoms with Gasteiger partial charge in [-0.25, -0.2) is 0 Å².